The van der Waals surface area contributed by atoms with E-state index in [-0.39, 0.29) is 0 Å². The van der Waals surface area contributed by atoms with Gasteiger partial charge in [-0.25, -0.2) is 0 Å². The van der Waals surface area contributed by atoms with Crippen molar-refractivity contribution < 1.29 is 20.1 Å². The monoisotopic (exact) mass is 149 g/mol. The summed E-state index contributed by atoms with van der Waals surface area (Å²) < 4.78 is 0. The Morgan fingerprint density at radius 3 is 2.20 bits per heavy atom. The van der Waals surface area contributed by atoms with E-state index in [9.17, 15) is 4.79 Å². The van der Waals surface area contributed by atoms with E-state index in [1.165, 1.54) is 0 Å². The molecule has 60 valence electrons. The standard InChI is InChI=1S/C5H11NO4/c1-2-6-3(4(7)8)5(9)10/h3-4,6-8H,2H2,1H3,(H,9,10). The summed E-state index contributed by atoms with van der Waals surface area (Å²) in [5, 5.41) is 27.5. The van der Waals surface area contributed by atoms with E-state index < -0.39 is 18.3 Å². The van der Waals surface area contributed by atoms with Crippen molar-refractivity contribution in [1.29, 1.82) is 0 Å². The number of hydrogen-bond donors (Lipinski definition) is 4. The molecule has 0 saturated carbocycles. The predicted octanol–water partition coefficient (Wildman–Crippen LogP) is -1.64. The molecule has 0 aromatic rings. The summed E-state index contributed by atoms with van der Waals surface area (Å²) in [6.45, 7) is 2.06. The van der Waals surface area contributed by atoms with Crippen LogP contribution in [0.1, 0.15) is 6.92 Å². The largest absolute Gasteiger partial charge is 0.480 e. The highest BCUT2D eigenvalue weighted by Gasteiger charge is 2.22. The molecule has 0 fully saturated rings. The zero-order valence-electron chi connectivity index (χ0n) is 5.61. The second-order valence-electron chi connectivity index (χ2n) is 1.79. The molecule has 0 aliphatic heterocycles. The first-order valence-electron chi connectivity index (χ1n) is 2.92. The molecule has 1 atom stereocenters. The second kappa shape index (κ2) is 4.21. The topological polar surface area (TPSA) is 89.8 Å². The smallest absolute Gasteiger partial charge is 0.326 e. The number of aliphatic carboxylic acids is 1. The normalized spacial score (nSPS) is 13.6. The Balaban J connectivity index is 3.85. The summed E-state index contributed by atoms with van der Waals surface area (Å²) in [5.74, 6) is -1.27. The zero-order chi connectivity index (χ0) is 8.15. The molecule has 0 radical (unpaired) electrons. The second-order valence-corrected chi connectivity index (χ2v) is 1.79. The molecular formula is C5H11NO4. The molecule has 0 amide bonds. The van der Waals surface area contributed by atoms with E-state index in [4.69, 9.17) is 15.3 Å². The van der Waals surface area contributed by atoms with Crippen LogP contribution in [0.5, 0.6) is 0 Å². The molecule has 0 aromatic heterocycles. The van der Waals surface area contributed by atoms with Crippen LogP contribution in [0.4, 0.5) is 0 Å². The Morgan fingerprint density at radius 1 is 1.60 bits per heavy atom. The maximum Gasteiger partial charge on any atom is 0.326 e. The van der Waals surface area contributed by atoms with Gasteiger partial charge in [0.1, 0.15) is 0 Å². The number of carboxylic acids is 1. The number of aliphatic hydroxyl groups is 2. The van der Waals surface area contributed by atoms with Gasteiger partial charge in [-0.1, -0.05) is 6.92 Å². The van der Waals surface area contributed by atoms with Gasteiger partial charge in [0.15, 0.2) is 12.3 Å². The first-order valence-corrected chi connectivity index (χ1v) is 2.92. The molecule has 5 heteroatoms. The molecule has 0 aliphatic rings. The fourth-order valence-electron chi connectivity index (χ4n) is 0.540. The van der Waals surface area contributed by atoms with E-state index >= 15 is 0 Å². The van der Waals surface area contributed by atoms with Crippen molar-refractivity contribution in [1.82, 2.24) is 5.32 Å². The van der Waals surface area contributed by atoms with Gasteiger partial charge in [-0.2, -0.15) is 0 Å². The highest BCUT2D eigenvalue weighted by atomic mass is 16.5. The van der Waals surface area contributed by atoms with Crippen LogP contribution in [-0.4, -0.2) is 40.2 Å². The van der Waals surface area contributed by atoms with Gasteiger partial charge in [0, 0.05) is 0 Å². The fraction of sp³-hybridized carbons (Fsp3) is 0.800. The van der Waals surface area contributed by atoms with Crippen molar-refractivity contribution in [2.24, 2.45) is 0 Å². The average Bonchev–Trinajstić information content (AvgIpc) is 1.81. The van der Waals surface area contributed by atoms with Crippen LogP contribution < -0.4 is 5.32 Å². The molecule has 0 aliphatic carbocycles. The van der Waals surface area contributed by atoms with Crippen LogP contribution in [0.3, 0.4) is 0 Å². The van der Waals surface area contributed by atoms with Crippen molar-refractivity contribution in [3.63, 3.8) is 0 Å². The number of likely N-dealkylation sites (N-methyl/N-ethyl adjacent to an activating group) is 1. The minimum atomic E-state index is -1.85. The van der Waals surface area contributed by atoms with Crippen LogP contribution in [0.25, 0.3) is 0 Å². The van der Waals surface area contributed by atoms with Gasteiger partial charge in [0.25, 0.3) is 0 Å². The van der Waals surface area contributed by atoms with Gasteiger partial charge in [-0.05, 0) is 6.54 Å². The lowest BCUT2D eigenvalue weighted by atomic mass is 10.3. The van der Waals surface area contributed by atoms with Crippen LogP contribution in [0.2, 0.25) is 0 Å². The first-order chi connectivity index (χ1) is 4.59. The molecule has 0 heterocycles. The Morgan fingerprint density at radius 2 is 2.10 bits per heavy atom. The molecule has 0 saturated heterocycles. The summed E-state index contributed by atoms with van der Waals surface area (Å²) in [4.78, 5) is 10.1. The van der Waals surface area contributed by atoms with E-state index in [2.05, 4.69) is 5.32 Å². The molecule has 5 nitrogen and oxygen atoms in total. The number of carboxylic acid groups (broad SMARTS) is 1. The van der Waals surface area contributed by atoms with Gasteiger partial charge in [0.2, 0.25) is 0 Å². The molecular weight excluding hydrogens is 138 g/mol. The van der Waals surface area contributed by atoms with Gasteiger partial charge < -0.3 is 20.6 Å². The highest BCUT2D eigenvalue weighted by Crippen LogP contribution is 1.88. The third-order valence-electron chi connectivity index (χ3n) is 0.988. The lowest BCUT2D eigenvalue weighted by Gasteiger charge is -2.13. The third kappa shape index (κ3) is 2.77. The van der Waals surface area contributed by atoms with Crippen molar-refractivity contribution in [2.75, 3.05) is 6.54 Å². The molecule has 0 spiro atoms. The number of hydrogen-bond acceptors (Lipinski definition) is 4. The van der Waals surface area contributed by atoms with Gasteiger partial charge >= 0.3 is 5.97 Å². The van der Waals surface area contributed by atoms with Crippen LogP contribution in [-0.2, 0) is 4.79 Å². The molecule has 10 heavy (non-hydrogen) atoms. The van der Waals surface area contributed by atoms with Crippen molar-refractivity contribution in [3.05, 3.63) is 0 Å². The van der Waals surface area contributed by atoms with Crippen molar-refractivity contribution in [3.8, 4) is 0 Å². The highest BCUT2D eigenvalue weighted by molar-refractivity contribution is 5.73. The van der Waals surface area contributed by atoms with Crippen LogP contribution >= 0.6 is 0 Å². The summed E-state index contributed by atoms with van der Waals surface area (Å²) in [6, 6.07) is -1.29. The molecule has 0 aromatic carbocycles. The Kier molecular flexibility index (Phi) is 3.94. The minimum absolute atomic E-state index is 0.384. The van der Waals surface area contributed by atoms with E-state index in [0.29, 0.717) is 6.54 Å². The Labute approximate surface area is 58.3 Å². The minimum Gasteiger partial charge on any atom is -0.480 e. The van der Waals surface area contributed by atoms with Gasteiger partial charge in [-0.3, -0.25) is 4.79 Å². The van der Waals surface area contributed by atoms with Crippen molar-refractivity contribution in [2.45, 2.75) is 19.3 Å². The number of carbonyl (C=O) groups is 1. The van der Waals surface area contributed by atoms with Gasteiger partial charge in [0.05, 0.1) is 0 Å². The quantitative estimate of drug-likeness (QED) is 0.360. The average molecular weight is 149 g/mol. The van der Waals surface area contributed by atoms with Crippen LogP contribution in [0, 0.1) is 0 Å². The summed E-state index contributed by atoms with van der Waals surface area (Å²) in [6.07, 6.45) is -1.85. The SMILES string of the molecule is CCNC(C(=O)O)C(O)O. The summed E-state index contributed by atoms with van der Waals surface area (Å²) in [7, 11) is 0. The summed E-state index contributed by atoms with van der Waals surface area (Å²) in [5.41, 5.74) is 0. The Hall–Kier alpha value is -0.650. The van der Waals surface area contributed by atoms with Crippen molar-refractivity contribution >= 4 is 5.97 Å². The molecule has 1 unspecified atom stereocenters. The maximum atomic E-state index is 10.1. The first kappa shape index (κ1) is 9.35. The van der Waals surface area contributed by atoms with E-state index in [1.807, 2.05) is 0 Å². The van der Waals surface area contributed by atoms with Crippen LogP contribution in [0.15, 0.2) is 0 Å². The molecule has 0 rings (SSSR count). The maximum absolute atomic E-state index is 10.1. The molecule has 0 bridgehead atoms. The van der Waals surface area contributed by atoms with E-state index in [1.54, 1.807) is 6.92 Å². The van der Waals surface area contributed by atoms with Gasteiger partial charge in [-0.15, -0.1) is 0 Å². The zero-order valence-corrected chi connectivity index (χ0v) is 5.61. The lowest BCUT2D eigenvalue weighted by molar-refractivity contribution is -0.151. The Bertz CT molecular complexity index is 114. The van der Waals surface area contributed by atoms with E-state index in [0.717, 1.165) is 0 Å². The number of nitrogens with one attached hydrogen (secondary N) is 1. The number of aliphatic hydroxyl groups excluding tert-OH is 1. The molecule has 4 N–H and O–H groups in total. The predicted molar refractivity (Wildman–Crippen MR) is 33.3 cm³/mol. The number of rotatable bonds is 4. The summed E-state index contributed by atoms with van der Waals surface area (Å²) >= 11 is 0. The fourth-order valence-corrected chi connectivity index (χ4v) is 0.540. The third-order valence-corrected chi connectivity index (χ3v) is 0.988. The lowest BCUT2D eigenvalue weighted by Crippen LogP contribution is -2.45.